The highest BCUT2D eigenvalue weighted by molar-refractivity contribution is 4.94. The minimum Gasteiger partial charge on any atom is -0.352 e. The van der Waals surface area contributed by atoms with Gasteiger partial charge in [-0.05, 0) is 12.5 Å². The number of nitrogens with one attached hydrogen (secondary N) is 1. The van der Waals surface area contributed by atoms with Gasteiger partial charge in [0, 0.05) is 37.1 Å². The zero-order valence-electron chi connectivity index (χ0n) is 9.73. The third-order valence-electron chi connectivity index (χ3n) is 2.54. The second kappa shape index (κ2) is 5.71. The molecule has 1 aromatic heterocycles. The molecule has 0 saturated carbocycles. The lowest BCUT2D eigenvalue weighted by Gasteiger charge is -2.22. The first-order valence-electron chi connectivity index (χ1n) is 5.53. The van der Waals surface area contributed by atoms with Crippen LogP contribution in [0.25, 0.3) is 0 Å². The highest BCUT2D eigenvalue weighted by Gasteiger charge is 2.11. The van der Waals surface area contributed by atoms with Crippen LogP contribution in [0.3, 0.4) is 0 Å². The summed E-state index contributed by atoms with van der Waals surface area (Å²) in [7, 11) is 0. The first-order chi connectivity index (χ1) is 7.13. The average molecular weight is 208 g/mol. The van der Waals surface area contributed by atoms with E-state index in [0.29, 0.717) is 12.0 Å². The van der Waals surface area contributed by atoms with Crippen LogP contribution in [-0.2, 0) is 6.54 Å². The molecule has 0 aliphatic carbocycles. The van der Waals surface area contributed by atoms with Crippen molar-refractivity contribution in [3.8, 4) is 0 Å². The summed E-state index contributed by atoms with van der Waals surface area (Å²) in [5, 5.41) is 3.45. The molecule has 0 saturated heterocycles. The summed E-state index contributed by atoms with van der Waals surface area (Å²) in [5.41, 5.74) is 0.0656. The summed E-state index contributed by atoms with van der Waals surface area (Å²) >= 11 is 0. The van der Waals surface area contributed by atoms with Crippen LogP contribution >= 0.6 is 0 Å². The maximum atomic E-state index is 10.9. The Morgan fingerprint density at radius 2 is 1.93 bits per heavy atom. The number of likely N-dealkylation sites (N-methyl/N-ethyl adjacent to an activating group) is 1. The van der Waals surface area contributed by atoms with Crippen LogP contribution in [-0.4, -0.2) is 17.2 Å². The van der Waals surface area contributed by atoms with Crippen LogP contribution < -0.4 is 10.7 Å². The Morgan fingerprint density at radius 3 is 2.40 bits per heavy atom. The van der Waals surface area contributed by atoms with Gasteiger partial charge in [0.05, 0.1) is 0 Å². The predicted molar refractivity (Wildman–Crippen MR) is 63.0 cm³/mol. The van der Waals surface area contributed by atoms with E-state index in [1.54, 1.807) is 12.1 Å². The van der Waals surface area contributed by atoms with Crippen LogP contribution in [0, 0.1) is 5.92 Å². The molecule has 3 heteroatoms. The molecule has 0 aliphatic rings. The summed E-state index contributed by atoms with van der Waals surface area (Å²) in [5.74, 6) is 0.587. The number of nitrogens with zero attached hydrogens (tertiary/aromatic N) is 1. The Morgan fingerprint density at radius 1 is 1.33 bits per heavy atom. The van der Waals surface area contributed by atoms with Crippen molar-refractivity contribution in [3.63, 3.8) is 0 Å². The maximum Gasteiger partial charge on any atom is 0.181 e. The van der Waals surface area contributed by atoms with Gasteiger partial charge in [0.25, 0.3) is 0 Å². The molecule has 1 N–H and O–H groups in total. The van der Waals surface area contributed by atoms with E-state index in [9.17, 15) is 4.79 Å². The van der Waals surface area contributed by atoms with E-state index in [2.05, 4.69) is 30.7 Å². The van der Waals surface area contributed by atoms with Crippen molar-refractivity contribution in [1.29, 1.82) is 0 Å². The fourth-order valence-corrected chi connectivity index (χ4v) is 1.57. The minimum absolute atomic E-state index is 0.0656. The first kappa shape index (κ1) is 12.0. The molecular formula is C12H20N2O. The molecule has 1 aromatic rings. The third-order valence-corrected chi connectivity index (χ3v) is 2.54. The lowest BCUT2D eigenvalue weighted by atomic mass is 10.0. The zero-order chi connectivity index (χ0) is 11.3. The van der Waals surface area contributed by atoms with Crippen LogP contribution in [0.5, 0.6) is 0 Å². The summed E-state index contributed by atoms with van der Waals surface area (Å²) in [4.78, 5) is 10.9. The average Bonchev–Trinajstić information content (AvgIpc) is 2.20. The molecule has 0 radical (unpaired) electrons. The van der Waals surface area contributed by atoms with Gasteiger partial charge in [-0.25, -0.2) is 0 Å². The van der Waals surface area contributed by atoms with Gasteiger partial charge >= 0.3 is 0 Å². The smallest absolute Gasteiger partial charge is 0.181 e. The van der Waals surface area contributed by atoms with Crippen molar-refractivity contribution < 1.29 is 0 Å². The van der Waals surface area contributed by atoms with Crippen molar-refractivity contribution in [1.82, 2.24) is 9.88 Å². The van der Waals surface area contributed by atoms with Gasteiger partial charge in [0.1, 0.15) is 0 Å². The summed E-state index contributed by atoms with van der Waals surface area (Å²) in [6.07, 6.45) is 3.68. The van der Waals surface area contributed by atoms with E-state index in [4.69, 9.17) is 0 Å². The van der Waals surface area contributed by atoms with Crippen LogP contribution in [0.15, 0.2) is 29.3 Å². The molecule has 1 rings (SSSR count). The number of rotatable bonds is 5. The van der Waals surface area contributed by atoms with Gasteiger partial charge in [-0.3, -0.25) is 4.79 Å². The molecular weight excluding hydrogens is 188 g/mol. The standard InChI is InChI=1S/C12H20N2O/c1-4-13-12(10(2)3)9-14-7-5-11(15)6-8-14/h5-8,10,12-13H,4,9H2,1-3H3. The Balaban J connectivity index is 2.65. The summed E-state index contributed by atoms with van der Waals surface area (Å²) < 4.78 is 2.05. The maximum absolute atomic E-state index is 10.9. The Bertz CT molecular complexity index is 323. The number of hydrogen-bond acceptors (Lipinski definition) is 2. The van der Waals surface area contributed by atoms with E-state index in [0.717, 1.165) is 13.1 Å². The summed E-state index contributed by atoms with van der Waals surface area (Å²) in [6, 6.07) is 3.66. The molecule has 1 heterocycles. The van der Waals surface area contributed by atoms with E-state index in [1.165, 1.54) is 0 Å². The largest absolute Gasteiger partial charge is 0.352 e. The molecule has 1 unspecified atom stereocenters. The minimum atomic E-state index is 0.0656. The Labute approximate surface area is 91.1 Å². The number of aromatic nitrogens is 1. The van der Waals surface area contributed by atoms with Gasteiger partial charge in [-0.2, -0.15) is 0 Å². The van der Waals surface area contributed by atoms with Gasteiger partial charge in [0.2, 0.25) is 0 Å². The lowest BCUT2D eigenvalue weighted by molar-refractivity contribution is 0.361. The van der Waals surface area contributed by atoms with E-state index >= 15 is 0 Å². The number of hydrogen-bond donors (Lipinski definition) is 1. The molecule has 1 atom stereocenters. The highest BCUT2D eigenvalue weighted by atomic mass is 16.1. The van der Waals surface area contributed by atoms with Crippen molar-refractivity contribution in [3.05, 3.63) is 34.7 Å². The molecule has 84 valence electrons. The van der Waals surface area contributed by atoms with Crippen LogP contribution in [0.2, 0.25) is 0 Å². The topological polar surface area (TPSA) is 34.0 Å². The molecule has 0 fully saturated rings. The molecule has 0 aliphatic heterocycles. The van der Waals surface area contributed by atoms with E-state index < -0.39 is 0 Å². The fraction of sp³-hybridized carbons (Fsp3) is 0.583. The predicted octanol–water partition coefficient (Wildman–Crippen LogP) is 1.48. The second-order valence-electron chi connectivity index (χ2n) is 4.14. The normalized spacial score (nSPS) is 13.1. The van der Waals surface area contributed by atoms with Gasteiger partial charge in [0.15, 0.2) is 5.43 Å². The summed E-state index contributed by atoms with van der Waals surface area (Å²) in [6.45, 7) is 8.40. The van der Waals surface area contributed by atoms with Gasteiger partial charge in [-0.1, -0.05) is 20.8 Å². The number of pyridine rings is 1. The molecule has 3 nitrogen and oxygen atoms in total. The van der Waals surface area contributed by atoms with Gasteiger partial charge < -0.3 is 9.88 Å². The van der Waals surface area contributed by atoms with E-state index in [1.807, 2.05) is 12.4 Å². The van der Waals surface area contributed by atoms with Gasteiger partial charge in [-0.15, -0.1) is 0 Å². The molecule has 0 bridgehead atoms. The van der Waals surface area contributed by atoms with Crippen molar-refractivity contribution in [2.24, 2.45) is 5.92 Å². The highest BCUT2D eigenvalue weighted by Crippen LogP contribution is 2.04. The molecule has 0 aromatic carbocycles. The SMILES string of the molecule is CCNC(Cn1ccc(=O)cc1)C(C)C. The third kappa shape index (κ3) is 3.88. The monoisotopic (exact) mass is 208 g/mol. The van der Waals surface area contributed by atoms with E-state index in [-0.39, 0.29) is 5.43 Å². The first-order valence-corrected chi connectivity index (χ1v) is 5.53. The zero-order valence-corrected chi connectivity index (χ0v) is 9.73. The molecule has 0 spiro atoms. The molecule has 15 heavy (non-hydrogen) atoms. The quantitative estimate of drug-likeness (QED) is 0.795. The Kier molecular flexibility index (Phi) is 4.56. The van der Waals surface area contributed by atoms with Crippen molar-refractivity contribution >= 4 is 0 Å². The second-order valence-corrected chi connectivity index (χ2v) is 4.14. The van der Waals surface area contributed by atoms with Crippen molar-refractivity contribution in [2.45, 2.75) is 33.4 Å². The fourth-order valence-electron chi connectivity index (χ4n) is 1.57. The lowest BCUT2D eigenvalue weighted by Crippen LogP contribution is -2.37. The van der Waals surface area contributed by atoms with Crippen LogP contribution in [0.4, 0.5) is 0 Å². The Hall–Kier alpha value is -1.09. The van der Waals surface area contributed by atoms with Crippen molar-refractivity contribution in [2.75, 3.05) is 6.54 Å². The molecule has 0 amide bonds. The van der Waals surface area contributed by atoms with Crippen LogP contribution in [0.1, 0.15) is 20.8 Å².